The third-order valence-corrected chi connectivity index (χ3v) is 5.65. The summed E-state index contributed by atoms with van der Waals surface area (Å²) in [5.74, 6) is -0.136. The highest BCUT2D eigenvalue weighted by Gasteiger charge is 2.19. The zero-order chi connectivity index (χ0) is 22.8. The maximum absolute atomic E-state index is 13.2. The number of anilines is 1. The van der Waals surface area contributed by atoms with E-state index in [2.05, 4.69) is 15.4 Å². The summed E-state index contributed by atoms with van der Waals surface area (Å²) in [6.07, 6.45) is 0.443. The number of rotatable bonds is 6. The number of carbonyl (C=O) groups is 1. The van der Waals surface area contributed by atoms with E-state index in [9.17, 15) is 9.59 Å². The first-order valence-electron chi connectivity index (χ1n) is 10.8. The molecule has 1 N–H and O–H groups in total. The van der Waals surface area contributed by atoms with Crippen LogP contribution < -0.4 is 10.9 Å². The van der Waals surface area contributed by atoms with Gasteiger partial charge in [0.15, 0.2) is 5.65 Å². The van der Waals surface area contributed by atoms with Crippen molar-refractivity contribution in [2.24, 2.45) is 0 Å². The van der Waals surface area contributed by atoms with Crippen LogP contribution in [0.3, 0.4) is 0 Å². The van der Waals surface area contributed by atoms with E-state index in [0.717, 1.165) is 28.2 Å². The maximum Gasteiger partial charge on any atom is 0.273 e. The Bertz CT molecular complexity index is 1330. The molecule has 0 atom stereocenters. The van der Waals surface area contributed by atoms with E-state index >= 15 is 0 Å². The molecule has 2 aromatic carbocycles. The van der Waals surface area contributed by atoms with Crippen molar-refractivity contribution < 1.29 is 4.79 Å². The molecular formula is C25H27N5O2. The summed E-state index contributed by atoms with van der Waals surface area (Å²) in [6, 6.07) is 15.6. The quantitative estimate of drug-likeness (QED) is 0.500. The smallest absolute Gasteiger partial charge is 0.273 e. The van der Waals surface area contributed by atoms with Crippen molar-refractivity contribution >= 4 is 22.8 Å². The van der Waals surface area contributed by atoms with Crippen molar-refractivity contribution in [2.45, 2.75) is 47.1 Å². The fraction of sp³-hybridized carbons (Fsp3) is 0.280. The van der Waals surface area contributed by atoms with Gasteiger partial charge in [0.05, 0.1) is 11.4 Å². The number of nitrogens with zero attached hydrogens (tertiary/aromatic N) is 4. The van der Waals surface area contributed by atoms with Crippen LogP contribution in [0.2, 0.25) is 0 Å². The SMILES string of the molecule is CCn1c(=O)c(CCC(=O)Nc2c(C)cccc2C)nc2c(C)nn(-c3ccccc3)c21. The first-order valence-corrected chi connectivity index (χ1v) is 10.8. The van der Waals surface area contributed by atoms with Gasteiger partial charge < -0.3 is 5.32 Å². The first kappa shape index (κ1) is 21.5. The lowest BCUT2D eigenvalue weighted by molar-refractivity contribution is -0.116. The highest BCUT2D eigenvalue weighted by molar-refractivity contribution is 5.92. The van der Waals surface area contributed by atoms with Crippen LogP contribution in [-0.2, 0) is 17.8 Å². The topological polar surface area (TPSA) is 81.8 Å². The van der Waals surface area contributed by atoms with Gasteiger partial charge in [0, 0.05) is 25.1 Å². The second kappa shape index (κ2) is 8.78. The van der Waals surface area contributed by atoms with Crippen LogP contribution in [0.4, 0.5) is 5.69 Å². The van der Waals surface area contributed by atoms with Crippen molar-refractivity contribution in [1.82, 2.24) is 19.3 Å². The Morgan fingerprint density at radius 2 is 1.69 bits per heavy atom. The number of hydrogen-bond donors (Lipinski definition) is 1. The Morgan fingerprint density at radius 1 is 1.00 bits per heavy atom. The molecule has 7 nitrogen and oxygen atoms in total. The van der Waals surface area contributed by atoms with Gasteiger partial charge in [-0.05, 0) is 51.0 Å². The Hall–Kier alpha value is -3.74. The lowest BCUT2D eigenvalue weighted by Crippen LogP contribution is -2.27. The monoisotopic (exact) mass is 429 g/mol. The molecule has 0 saturated heterocycles. The maximum atomic E-state index is 13.2. The second-order valence-electron chi connectivity index (χ2n) is 7.93. The molecule has 1 amide bonds. The summed E-state index contributed by atoms with van der Waals surface area (Å²) < 4.78 is 3.45. The van der Waals surface area contributed by atoms with Crippen LogP contribution >= 0.6 is 0 Å². The third-order valence-electron chi connectivity index (χ3n) is 5.65. The predicted molar refractivity (Wildman–Crippen MR) is 126 cm³/mol. The van der Waals surface area contributed by atoms with Gasteiger partial charge in [0.2, 0.25) is 5.91 Å². The molecule has 32 heavy (non-hydrogen) atoms. The minimum absolute atomic E-state index is 0.136. The number of hydrogen-bond acceptors (Lipinski definition) is 4. The highest BCUT2D eigenvalue weighted by Crippen LogP contribution is 2.21. The molecule has 164 valence electrons. The predicted octanol–water partition coefficient (Wildman–Crippen LogP) is 4.10. The zero-order valence-corrected chi connectivity index (χ0v) is 18.8. The standard InChI is InChI=1S/C25H27N5O2/c1-5-29-24-23(18(4)28-30(24)19-12-7-6-8-13-19)26-20(25(29)32)14-15-21(31)27-22-16(2)10-9-11-17(22)3/h6-13H,5,14-15H2,1-4H3,(H,27,31). The average molecular weight is 430 g/mol. The van der Waals surface area contributed by atoms with E-state index in [0.29, 0.717) is 23.4 Å². The normalized spacial score (nSPS) is 11.1. The fourth-order valence-electron chi connectivity index (χ4n) is 3.97. The fourth-order valence-corrected chi connectivity index (χ4v) is 3.97. The molecule has 0 aliphatic rings. The number of carbonyl (C=O) groups excluding carboxylic acids is 1. The average Bonchev–Trinajstić information content (AvgIpc) is 3.11. The number of amides is 1. The van der Waals surface area contributed by atoms with Gasteiger partial charge in [-0.25, -0.2) is 9.67 Å². The summed E-state index contributed by atoms with van der Waals surface area (Å²) >= 11 is 0. The van der Waals surface area contributed by atoms with Crippen molar-refractivity contribution in [3.8, 4) is 5.69 Å². The molecule has 4 aromatic rings. The number of benzene rings is 2. The molecule has 4 rings (SSSR count). The van der Waals surface area contributed by atoms with Crippen LogP contribution in [0.25, 0.3) is 16.9 Å². The number of para-hydroxylation sites is 2. The van der Waals surface area contributed by atoms with Crippen LogP contribution in [0.1, 0.15) is 35.9 Å². The van der Waals surface area contributed by atoms with E-state index in [1.165, 1.54) is 0 Å². The molecule has 0 spiro atoms. The summed E-state index contributed by atoms with van der Waals surface area (Å²) in [4.78, 5) is 30.5. The van der Waals surface area contributed by atoms with Gasteiger partial charge >= 0.3 is 0 Å². The molecule has 0 aliphatic heterocycles. The number of aryl methyl sites for hydroxylation is 5. The zero-order valence-electron chi connectivity index (χ0n) is 18.8. The molecule has 7 heteroatoms. The molecule has 2 heterocycles. The van der Waals surface area contributed by atoms with Gasteiger partial charge in [0.25, 0.3) is 5.56 Å². The third kappa shape index (κ3) is 3.93. The summed E-state index contributed by atoms with van der Waals surface area (Å²) in [7, 11) is 0. The lowest BCUT2D eigenvalue weighted by Gasteiger charge is -2.12. The highest BCUT2D eigenvalue weighted by atomic mass is 16.1. The lowest BCUT2D eigenvalue weighted by atomic mass is 10.1. The number of nitrogens with one attached hydrogen (secondary N) is 1. The minimum Gasteiger partial charge on any atom is -0.326 e. The van der Waals surface area contributed by atoms with Gasteiger partial charge in [0.1, 0.15) is 11.2 Å². The molecule has 0 bridgehead atoms. The Labute approximate surface area is 186 Å². The van der Waals surface area contributed by atoms with Crippen LogP contribution in [0.15, 0.2) is 53.3 Å². The first-order chi connectivity index (χ1) is 15.4. The van der Waals surface area contributed by atoms with Gasteiger partial charge in [-0.3, -0.25) is 14.2 Å². The number of aromatic nitrogens is 4. The van der Waals surface area contributed by atoms with Crippen molar-refractivity contribution in [3.63, 3.8) is 0 Å². The molecule has 2 aromatic heterocycles. The summed E-state index contributed by atoms with van der Waals surface area (Å²) in [5, 5.41) is 7.62. The van der Waals surface area contributed by atoms with Crippen LogP contribution in [0, 0.1) is 20.8 Å². The molecular weight excluding hydrogens is 402 g/mol. The molecule has 0 unspecified atom stereocenters. The van der Waals surface area contributed by atoms with Crippen molar-refractivity contribution in [1.29, 1.82) is 0 Å². The largest absolute Gasteiger partial charge is 0.326 e. The Morgan fingerprint density at radius 3 is 2.34 bits per heavy atom. The van der Waals surface area contributed by atoms with Gasteiger partial charge in [-0.2, -0.15) is 5.10 Å². The molecule has 0 aliphatic carbocycles. The van der Waals surface area contributed by atoms with E-state index in [1.54, 1.807) is 9.25 Å². The molecule has 0 radical (unpaired) electrons. The van der Waals surface area contributed by atoms with Crippen molar-refractivity contribution in [3.05, 3.63) is 81.4 Å². The van der Waals surface area contributed by atoms with Crippen LogP contribution in [-0.4, -0.2) is 25.2 Å². The van der Waals surface area contributed by atoms with E-state index in [4.69, 9.17) is 0 Å². The molecule has 0 saturated carbocycles. The molecule has 0 fully saturated rings. The second-order valence-corrected chi connectivity index (χ2v) is 7.93. The van der Waals surface area contributed by atoms with E-state index < -0.39 is 0 Å². The Balaban J connectivity index is 1.66. The van der Waals surface area contributed by atoms with Gasteiger partial charge in [-0.15, -0.1) is 0 Å². The minimum atomic E-state index is -0.183. The van der Waals surface area contributed by atoms with Gasteiger partial charge in [-0.1, -0.05) is 36.4 Å². The summed E-state index contributed by atoms with van der Waals surface area (Å²) in [6.45, 7) is 8.22. The van der Waals surface area contributed by atoms with E-state index in [-0.39, 0.29) is 24.3 Å². The van der Waals surface area contributed by atoms with Crippen LogP contribution in [0.5, 0.6) is 0 Å². The summed E-state index contributed by atoms with van der Waals surface area (Å²) in [5.41, 5.74) is 6.01. The number of fused-ring (bicyclic) bond motifs is 1. The van der Waals surface area contributed by atoms with Crippen molar-refractivity contribution in [2.75, 3.05) is 5.32 Å². The Kier molecular flexibility index (Phi) is 5.90. The van der Waals surface area contributed by atoms with E-state index in [1.807, 2.05) is 76.2 Å².